The van der Waals surface area contributed by atoms with E-state index in [2.05, 4.69) is 15.6 Å². The number of thiocarbonyl (C=S) groups is 1. The van der Waals surface area contributed by atoms with Crippen molar-refractivity contribution in [1.82, 2.24) is 10.3 Å². The number of amides is 1. The van der Waals surface area contributed by atoms with Crippen LogP contribution in [0.4, 0.5) is 11.4 Å². The number of rotatable bonds is 6. The van der Waals surface area contributed by atoms with Crippen molar-refractivity contribution in [3.63, 3.8) is 0 Å². The second-order valence-electron chi connectivity index (χ2n) is 8.73. The molecule has 4 aromatic rings. The number of anilines is 2. The molecular weight excluding hydrogens is 527 g/mol. The maximum absolute atomic E-state index is 11.9. The molecule has 6 nitrogen and oxygen atoms in total. The third-order valence-electron chi connectivity index (χ3n) is 6.30. The van der Waals surface area contributed by atoms with Gasteiger partial charge in [-0.3, -0.25) is 9.78 Å². The molecule has 2 unspecified atom stereocenters. The smallest absolute Gasteiger partial charge is 0.224 e. The first-order valence-corrected chi connectivity index (χ1v) is 13.0. The summed E-state index contributed by atoms with van der Waals surface area (Å²) >= 11 is 18.2. The van der Waals surface area contributed by atoms with Gasteiger partial charge in [-0.25, -0.2) is 0 Å². The van der Waals surface area contributed by atoms with Crippen LogP contribution in [0.5, 0.6) is 0 Å². The van der Waals surface area contributed by atoms with Crippen molar-refractivity contribution in [2.75, 3.05) is 10.2 Å². The van der Waals surface area contributed by atoms with E-state index in [0.29, 0.717) is 33.1 Å². The number of nitrogens with one attached hydrogen (secondary N) is 2. The van der Waals surface area contributed by atoms with Gasteiger partial charge in [-0.2, -0.15) is 0 Å². The summed E-state index contributed by atoms with van der Waals surface area (Å²) in [6, 6.07) is 20.4. The SMILES string of the molecule is CCC(=O)Nc1ccc(N2C(=S)NC(c3ccccn3)C2c2ccc(-c3ccc(Cl)c(Cl)c3)o2)cc1C. The fourth-order valence-electron chi connectivity index (χ4n) is 4.41. The molecule has 9 heteroatoms. The minimum Gasteiger partial charge on any atom is -0.459 e. The van der Waals surface area contributed by atoms with E-state index in [-0.39, 0.29) is 18.0 Å². The summed E-state index contributed by atoms with van der Waals surface area (Å²) in [5.74, 6) is 1.35. The molecule has 2 aromatic carbocycles. The van der Waals surface area contributed by atoms with Crippen LogP contribution < -0.4 is 15.5 Å². The number of hydrogen-bond acceptors (Lipinski definition) is 4. The number of halogens is 2. The molecule has 0 radical (unpaired) electrons. The molecule has 1 amide bonds. The van der Waals surface area contributed by atoms with E-state index in [1.165, 1.54) is 0 Å². The maximum atomic E-state index is 11.9. The monoisotopic (exact) mass is 550 g/mol. The summed E-state index contributed by atoms with van der Waals surface area (Å²) in [7, 11) is 0. The molecule has 37 heavy (non-hydrogen) atoms. The first-order valence-electron chi connectivity index (χ1n) is 11.8. The molecule has 3 heterocycles. The molecule has 188 valence electrons. The highest BCUT2D eigenvalue weighted by Gasteiger charge is 2.42. The first-order chi connectivity index (χ1) is 17.9. The first kappa shape index (κ1) is 25.3. The summed E-state index contributed by atoms with van der Waals surface area (Å²) < 4.78 is 6.39. The Morgan fingerprint density at radius 1 is 1.11 bits per heavy atom. The predicted octanol–water partition coefficient (Wildman–Crippen LogP) is 7.48. The Morgan fingerprint density at radius 3 is 2.65 bits per heavy atom. The standard InChI is InChI=1S/C28H24Cl2N4O2S/c1-3-25(35)32-21-10-8-18(14-16(21)2)34-27(26(33-28(34)37)22-6-4-5-13-31-22)24-12-11-23(36-24)17-7-9-19(29)20(30)15-17/h4-15,26-27H,3H2,1-2H3,(H,32,35)(H,33,37). The molecule has 2 N–H and O–H groups in total. The van der Waals surface area contributed by atoms with E-state index >= 15 is 0 Å². The van der Waals surface area contributed by atoms with E-state index in [1.54, 1.807) is 18.3 Å². The summed E-state index contributed by atoms with van der Waals surface area (Å²) in [5.41, 5.74) is 4.24. The van der Waals surface area contributed by atoms with Gasteiger partial charge in [0.2, 0.25) is 5.91 Å². The van der Waals surface area contributed by atoms with Crippen LogP contribution in [-0.2, 0) is 4.79 Å². The van der Waals surface area contributed by atoms with Crippen LogP contribution in [-0.4, -0.2) is 16.0 Å². The molecule has 2 aromatic heterocycles. The third-order valence-corrected chi connectivity index (χ3v) is 7.36. The molecule has 1 saturated heterocycles. The van der Waals surface area contributed by atoms with Crippen LogP contribution in [0.25, 0.3) is 11.3 Å². The summed E-state index contributed by atoms with van der Waals surface area (Å²) in [4.78, 5) is 18.6. The lowest BCUT2D eigenvalue weighted by Crippen LogP contribution is -2.29. The van der Waals surface area contributed by atoms with E-state index in [9.17, 15) is 4.79 Å². The highest BCUT2D eigenvalue weighted by atomic mass is 35.5. The fourth-order valence-corrected chi connectivity index (χ4v) is 5.06. The Balaban J connectivity index is 1.56. The zero-order valence-corrected chi connectivity index (χ0v) is 22.5. The number of nitrogens with zero attached hydrogens (tertiary/aromatic N) is 2. The quantitative estimate of drug-likeness (QED) is 0.242. The van der Waals surface area contributed by atoms with Gasteiger partial charge < -0.3 is 20.0 Å². The Morgan fingerprint density at radius 2 is 1.95 bits per heavy atom. The highest BCUT2D eigenvalue weighted by molar-refractivity contribution is 7.80. The minimum atomic E-state index is -0.311. The van der Waals surface area contributed by atoms with Crippen molar-refractivity contribution >= 4 is 57.8 Å². The second-order valence-corrected chi connectivity index (χ2v) is 9.93. The normalized spacial score (nSPS) is 17.1. The van der Waals surface area contributed by atoms with Crippen molar-refractivity contribution in [3.8, 4) is 11.3 Å². The minimum absolute atomic E-state index is 0.0345. The lowest BCUT2D eigenvalue weighted by molar-refractivity contribution is -0.115. The molecule has 1 fully saturated rings. The number of aryl methyl sites for hydroxylation is 1. The second kappa shape index (κ2) is 10.5. The Hall–Kier alpha value is -3.39. The van der Waals surface area contributed by atoms with Crippen LogP contribution in [0.1, 0.15) is 42.4 Å². The van der Waals surface area contributed by atoms with Crippen molar-refractivity contribution < 1.29 is 9.21 Å². The van der Waals surface area contributed by atoms with Gasteiger partial charge in [0.25, 0.3) is 0 Å². The van der Waals surface area contributed by atoms with Crippen molar-refractivity contribution in [1.29, 1.82) is 0 Å². The third kappa shape index (κ3) is 5.07. The Bertz CT molecular complexity index is 1470. The van der Waals surface area contributed by atoms with E-state index in [1.807, 2.05) is 73.3 Å². The predicted molar refractivity (Wildman–Crippen MR) is 152 cm³/mol. The van der Waals surface area contributed by atoms with Crippen molar-refractivity contribution in [2.45, 2.75) is 32.4 Å². The molecule has 0 spiro atoms. The van der Waals surface area contributed by atoms with Gasteiger partial charge in [-0.05, 0) is 85.4 Å². The highest BCUT2D eigenvalue weighted by Crippen LogP contribution is 2.43. The summed E-state index contributed by atoms with van der Waals surface area (Å²) in [5, 5.41) is 7.87. The average molecular weight is 551 g/mol. The van der Waals surface area contributed by atoms with Crippen LogP contribution in [0.2, 0.25) is 10.0 Å². The van der Waals surface area contributed by atoms with Gasteiger partial charge in [0.05, 0.1) is 21.8 Å². The van der Waals surface area contributed by atoms with Crippen molar-refractivity contribution in [3.05, 3.63) is 100.0 Å². The van der Waals surface area contributed by atoms with Gasteiger partial charge in [-0.1, -0.05) is 36.2 Å². The zero-order valence-electron chi connectivity index (χ0n) is 20.2. The Labute approximate surface area is 230 Å². The maximum Gasteiger partial charge on any atom is 0.224 e. The number of benzene rings is 2. The number of pyridine rings is 1. The summed E-state index contributed by atoms with van der Waals surface area (Å²) in [6.07, 6.45) is 2.17. The fraction of sp³-hybridized carbons (Fsp3) is 0.179. The molecule has 1 aliphatic heterocycles. The number of hydrogen-bond donors (Lipinski definition) is 2. The van der Waals surface area contributed by atoms with Crippen LogP contribution >= 0.6 is 35.4 Å². The molecule has 0 aliphatic carbocycles. The van der Waals surface area contributed by atoms with E-state index in [4.69, 9.17) is 39.8 Å². The van der Waals surface area contributed by atoms with E-state index < -0.39 is 0 Å². The topological polar surface area (TPSA) is 70.4 Å². The van der Waals surface area contributed by atoms with Gasteiger partial charge in [-0.15, -0.1) is 0 Å². The van der Waals surface area contributed by atoms with Gasteiger partial charge >= 0.3 is 0 Å². The number of carbonyl (C=O) groups excluding carboxylic acids is 1. The average Bonchev–Trinajstić information content (AvgIpc) is 3.52. The van der Waals surface area contributed by atoms with Gasteiger partial charge in [0.1, 0.15) is 17.6 Å². The molecule has 2 atom stereocenters. The molecule has 0 saturated carbocycles. The molecule has 1 aliphatic rings. The lowest BCUT2D eigenvalue weighted by atomic mass is 10.0. The van der Waals surface area contributed by atoms with Gasteiger partial charge in [0, 0.05) is 29.6 Å². The molecule has 5 rings (SSSR count). The Kier molecular flexibility index (Phi) is 7.20. The molecule has 0 bridgehead atoms. The van der Waals surface area contributed by atoms with Gasteiger partial charge in [0.15, 0.2) is 5.11 Å². The number of carbonyl (C=O) groups is 1. The van der Waals surface area contributed by atoms with Crippen LogP contribution in [0.3, 0.4) is 0 Å². The summed E-state index contributed by atoms with van der Waals surface area (Å²) in [6.45, 7) is 3.78. The largest absolute Gasteiger partial charge is 0.459 e. The number of aromatic nitrogens is 1. The number of furan rings is 1. The van der Waals surface area contributed by atoms with Crippen LogP contribution in [0, 0.1) is 6.92 Å². The lowest BCUT2D eigenvalue weighted by Gasteiger charge is -2.26. The zero-order chi connectivity index (χ0) is 26.1. The molecular formula is C28H24Cl2N4O2S. The van der Waals surface area contributed by atoms with E-state index in [0.717, 1.165) is 28.2 Å². The van der Waals surface area contributed by atoms with Crippen molar-refractivity contribution in [2.24, 2.45) is 0 Å². The van der Waals surface area contributed by atoms with Crippen LogP contribution in [0.15, 0.2) is 77.3 Å².